The quantitative estimate of drug-likeness (QED) is 0.0833. The Morgan fingerprint density at radius 1 is 0.973 bits per heavy atom. The van der Waals surface area contributed by atoms with Crippen LogP contribution in [0, 0.1) is 5.92 Å². The fourth-order valence-corrected chi connectivity index (χ4v) is 4.68. The molecule has 0 aliphatic rings. The van der Waals surface area contributed by atoms with Crippen molar-refractivity contribution in [2.45, 2.75) is 97.4 Å². The number of anilines is 1. The Morgan fingerprint density at radius 2 is 1.62 bits per heavy atom. The second-order valence-corrected chi connectivity index (χ2v) is 11.0. The highest BCUT2D eigenvalue weighted by Gasteiger charge is 2.22. The molecule has 1 aromatic rings. The standard InChI is InChI=1S/C29H46N2O5S/c1-4-5-6-7-8-9-10-11-12-13-14-15-18-37-21-27(33)31-25(19-22(2)3)28(34)30-23-16-17-26(32)24(20-23)29(35)36/h10-11,16-17,20,22,25,32H,4-9,12-15,18-19,21H2,1-3H3,(H,30,34)(H,31,33)(H,35,36)/b11-10-. The number of amides is 2. The number of carbonyl (C=O) groups is 3. The first-order valence-electron chi connectivity index (χ1n) is 13.6. The molecule has 0 aliphatic heterocycles. The van der Waals surface area contributed by atoms with Gasteiger partial charge in [-0.05, 0) is 68.4 Å². The van der Waals surface area contributed by atoms with Crippen molar-refractivity contribution in [2.75, 3.05) is 16.8 Å². The van der Waals surface area contributed by atoms with Crippen molar-refractivity contribution < 1.29 is 24.6 Å². The summed E-state index contributed by atoms with van der Waals surface area (Å²) >= 11 is 1.57. The molecule has 0 fully saturated rings. The van der Waals surface area contributed by atoms with Gasteiger partial charge < -0.3 is 20.8 Å². The monoisotopic (exact) mass is 534 g/mol. The molecule has 0 aromatic heterocycles. The van der Waals surface area contributed by atoms with Crippen LogP contribution < -0.4 is 10.6 Å². The molecule has 0 radical (unpaired) electrons. The number of aromatic carboxylic acids is 1. The molecule has 1 aromatic carbocycles. The van der Waals surface area contributed by atoms with Crippen LogP contribution in [0.5, 0.6) is 5.75 Å². The third-order valence-electron chi connectivity index (χ3n) is 5.89. The van der Waals surface area contributed by atoms with Gasteiger partial charge in [-0.2, -0.15) is 11.8 Å². The van der Waals surface area contributed by atoms with E-state index in [0.717, 1.165) is 31.4 Å². The Labute approximate surface area is 226 Å². The van der Waals surface area contributed by atoms with E-state index < -0.39 is 17.9 Å². The zero-order valence-corrected chi connectivity index (χ0v) is 23.6. The summed E-state index contributed by atoms with van der Waals surface area (Å²) in [4.78, 5) is 36.5. The van der Waals surface area contributed by atoms with E-state index >= 15 is 0 Å². The lowest BCUT2D eigenvalue weighted by Crippen LogP contribution is -2.45. The number of carboxylic acid groups (broad SMARTS) is 1. The molecule has 1 rings (SSSR count). The largest absolute Gasteiger partial charge is 0.507 e. The van der Waals surface area contributed by atoms with Crippen molar-refractivity contribution in [2.24, 2.45) is 5.92 Å². The van der Waals surface area contributed by atoms with Crippen LogP contribution in [-0.2, 0) is 9.59 Å². The van der Waals surface area contributed by atoms with Crippen molar-refractivity contribution in [3.8, 4) is 5.75 Å². The van der Waals surface area contributed by atoms with Gasteiger partial charge in [0.1, 0.15) is 17.4 Å². The van der Waals surface area contributed by atoms with E-state index in [1.807, 2.05) is 13.8 Å². The molecule has 4 N–H and O–H groups in total. The van der Waals surface area contributed by atoms with Crippen LogP contribution in [0.4, 0.5) is 5.69 Å². The summed E-state index contributed by atoms with van der Waals surface area (Å²) < 4.78 is 0. The molecule has 0 saturated carbocycles. The molecular weight excluding hydrogens is 488 g/mol. The number of unbranched alkanes of at least 4 members (excludes halogenated alkanes) is 8. The van der Waals surface area contributed by atoms with Gasteiger partial charge in [0.15, 0.2) is 0 Å². The maximum Gasteiger partial charge on any atom is 0.339 e. The number of carboxylic acids is 1. The molecule has 1 atom stereocenters. The Balaban J connectivity index is 2.31. The maximum absolute atomic E-state index is 12.8. The lowest BCUT2D eigenvalue weighted by Gasteiger charge is -2.20. The number of rotatable bonds is 20. The van der Waals surface area contributed by atoms with E-state index in [9.17, 15) is 19.5 Å². The molecule has 208 valence electrons. The molecule has 37 heavy (non-hydrogen) atoms. The number of thioether (sulfide) groups is 1. The molecule has 0 bridgehead atoms. The van der Waals surface area contributed by atoms with E-state index in [4.69, 9.17) is 5.11 Å². The normalized spacial score (nSPS) is 12.1. The lowest BCUT2D eigenvalue weighted by atomic mass is 10.0. The van der Waals surface area contributed by atoms with Crippen LogP contribution in [0.1, 0.15) is 102 Å². The number of nitrogens with one attached hydrogen (secondary N) is 2. The minimum atomic E-state index is -1.29. The second-order valence-electron chi connectivity index (χ2n) is 9.85. The van der Waals surface area contributed by atoms with Gasteiger partial charge in [-0.15, -0.1) is 0 Å². The van der Waals surface area contributed by atoms with Gasteiger partial charge in [0.2, 0.25) is 11.8 Å². The molecule has 1 unspecified atom stereocenters. The molecular formula is C29H46N2O5S. The molecule has 0 spiro atoms. The van der Waals surface area contributed by atoms with Gasteiger partial charge in [-0.3, -0.25) is 9.59 Å². The Bertz CT molecular complexity index is 857. The topological polar surface area (TPSA) is 116 Å². The summed E-state index contributed by atoms with van der Waals surface area (Å²) in [6.45, 7) is 6.17. The van der Waals surface area contributed by atoms with Crippen molar-refractivity contribution >= 4 is 35.2 Å². The summed E-state index contributed by atoms with van der Waals surface area (Å²) in [6, 6.07) is 3.12. The minimum absolute atomic E-state index is 0.174. The second kappa shape index (κ2) is 19.6. The van der Waals surface area contributed by atoms with Crippen LogP contribution in [0.3, 0.4) is 0 Å². The molecule has 0 heterocycles. The highest BCUT2D eigenvalue weighted by molar-refractivity contribution is 7.99. The first kappa shape index (κ1) is 32.5. The van der Waals surface area contributed by atoms with Gasteiger partial charge in [0.05, 0.1) is 5.75 Å². The Morgan fingerprint density at radius 3 is 2.24 bits per heavy atom. The molecule has 0 aliphatic carbocycles. The SMILES string of the molecule is CCCCCCC/C=C\CCCCCSCC(=O)NC(CC(C)C)C(=O)Nc1ccc(O)c(C(=O)O)c1. The van der Waals surface area contributed by atoms with E-state index in [-0.39, 0.29) is 28.8 Å². The van der Waals surface area contributed by atoms with Gasteiger partial charge in [0, 0.05) is 5.69 Å². The molecule has 8 heteroatoms. The number of phenols is 1. The van der Waals surface area contributed by atoms with Crippen molar-refractivity contribution in [1.82, 2.24) is 5.32 Å². The summed E-state index contributed by atoms with van der Waals surface area (Å²) in [5.41, 5.74) is -0.0492. The van der Waals surface area contributed by atoms with Crippen LogP contribution in [0.2, 0.25) is 0 Å². The predicted molar refractivity (Wildman–Crippen MR) is 153 cm³/mol. The first-order valence-corrected chi connectivity index (χ1v) is 14.8. The van der Waals surface area contributed by atoms with E-state index in [2.05, 4.69) is 29.7 Å². The van der Waals surface area contributed by atoms with Crippen LogP contribution >= 0.6 is 11.8 Å². The van der Waals surface area contributed by atoms with Gasteiger partial charge in [-0.25, -0.2) is 4.79 Å². The summed E-state index contributed by atoms with van der Waals surface area (Å²) in [7, 11) is 0. The molecule has 2 amide bonds. The average Bonchev–Trinajstić information content (AvgIpc) is 2.84. The molecule has 0 saturated heterocycles. The number of benzene rings is 1. The maximum atomic E-state index is 12.8. The fraction of sp³-hybridized carbons (Fsp3) is 0.621. The van der Waals surface area contributed by atoms with Crippen LogP contribution in [0.15, 0.2) is 30.4 Å². The number of hydrogen-bond acceptors (Lipinski definition) is 5. The van der Waals surface area contributed by atoms with E-state index in [0.29, 0.717) is 12.2 Å². The summed E-state index contributed by atoms with van der Waals surface area (Å²) in [5.74, 6) is -0.897. The number of allylic oxidation sites excluding steroid dienone is 2. The van der Waals surface area contributed by atoms with E-state index in [1.165, 1.54) is 56.7 Å². The first-order chi connectivity index (χ1) is 17.7. The summed E-state index contributed by atoms with van der Waals surface area (Å²) in [6.07, 6.45) is 17.3. The Kier molecular flexibility index (Phi) is 17.2. The van der Waals surface area contributed by atoms with Crippen molar-refractivity contribution in [3.63, 3.8) is 0 Å². The van der Waals surface area contributed by atoms with Crippen molar-refractivity contribution in [1.29, 1.82) is 0 Å². The molecule has 7 nitrogen and oxygen atoms in total. The van der Waals surface area contributed by atoms with Crippen LogP contribution in [0.25, 0.3) is 0 Å². The van der Waals surface area contributed by atoms with Gasteiger partial charge in [-0.1, -0.05) is 65.0 Å². The zero-order chi connectivity index (χ0) is 27.5. The van der Waals surface area contributed by atoms with Crippen LogP contribution in [-0.4, -0.2) is 45.5 Å². The Hall–Kier alpha value is -2.48. The average molecular weight is 535 g/mol. The number of carbonyl (C=O) groups excluding carboxylic acids is 2. The smallest absolute Gasteiger partial charge is 0.339 e. The minimum Gasteiger partial charge on any atom is -0.507 e. The zero-order valence-electron chi connectivity index (χ0n) is 22.8. The van der Waals surface area contributed by atoms with Gasteiger partial charge in [0.25, 0.3) is 0 Å². The lowest BCUT2D eigenvalue weighted by molar-refractivity contribution is -0.125. The highest BCUT2D eigenvalue weighted by atomic mass is 32.2. The van der Waals surface area contributed by atoms with E-state index in [1.54, 1.807) is 11.8 Å². The van der Waals surface area contributed by atoms with Crippen molar-refractivity contribution in [3.05, 3.63) is 35.9 Å². The number of hydrogen-bond donors (Lipinski definition) is 4. The summed E-state index contributed by atoms with van der Waals surface area (Å²) in [5, 5.41) is 24.3. The third-order valence-corrected chi connectivity index (χ3v) is 6.93. The third kappa shape index (κ3) is 15.4. The highest BCUT2D eigenvalue weighted by Crippen LogP contribution is 2.22. The number of aromatic hydroxyl groups is 1. The fourth-order valence-electron chi connectivity index (χ4n) is 3.86. The van der Waals surface area contributed by atoms with Gasteiger partial charge >= 0.3 is 5.97 Å². The predicted octanol–water partition coefficient (Wildman–Crippen LogP) is 6.77.